The van der Waals surface area contributed by atoms with Crippen molar-refractivity contribution >= 4 is 11.8 Å². The fourth-order valence-corrected chi connectivity index (χ4v) is 4.23. The molecule has 4 rings (SSSR count). The lowest BCUT2D eigenvalue weighted by atomic mass is 9.99. The number of likely N-dealkylation sites (N-methyl/N-ethyl adjacent to an activating group) is 1. The Bertz CT molecular complexity index is 1120. The van der Waals surface area contributed by atoms with Crippen molar-refractivity contribution < 1.29 is 19.4 Å². The van der Waals surface area contributed by atoms with Crippen molar-refractivity contribution in [3.05, 3.63) is 59.3 Å². The molecule has 0 spiro atoms. The summed E-state index contributed by atoms with van der Waals surface area (Å²) in [6.07, 6.45) is 3.76. The van der Waals surface area contributed by atoms with Crippen LogP contribution in [-0.2, 0) is 11.2 Å². The van der Waals surface area contributed by atoms with Crippen molar-refractivity contribution in [2.75, 3.05) is 26.7 Å². The second-order valence-electron chi connectivity index (χ2n) is 9.66. The molecule has 2 aromatic rings. The summed E-state index contributed by atoms with van der Waals surface area (Å²) in [5.74, 6) is 6.44. The van der Waals surface area contributed by atoms with Crippen LogP contribution in [0.2, 0.25) is 0 Å². The molecule has 1 aliphatic carbocycles. The molecule has 184 valence electrons. The first-order valence-corrected chi connectivity index (χ1v) is 12.2. The Labute approximate surface area is 207 Å². The average molecular weight is 476 g/mol. The number of fused-ring (bicyclic) bond motifs is 1. The van der Waals surface area contributed by atoms with Gasteiger partial charge in [0.25, 0.3) is 5.91 Å². The van der Waals surface area contributed by atoms with E-state index in [2.05, 4.69) is 16.8 Å². The molecule has 0 bridgehead atoms. The number of benzene rings is 1. The van der Waals surface area contributed by atoms with E-state index in [4.69, 9.17) is 4.74 Å². The van der Waals surface area contributed by atoms with Gasteiger partial charge in [0.05, 0.1) is 19.2 Å². The van der Waals surface area contributed by atoms with Crippen molar-refractivity contribution in [1.82, 2.24) is 14.8 Å². The van der Waals surface area contributed by atoms with E-state index in [0.717, 1.165) is 18.4 Å². The van der Waals surface area contributed by atoms with E-state index in [1.807, 2.05) is 44.2 Å². The van der Waals surface area contributed by atoms with Crippen molar-refractivity contribution in [3.8, 4) is 17.7 Å². The number of aliphatic hydroxyl groups is 1. The summed E-state index contributed by atoms with van der Waals surface area (Å²) in [6.45, 7) is 4.48. The molecule has 35 heavy (non-hydrogen) atoms. The van der Waals surface area contributed by atoms with Crippen LogP contribution in [0.3, 0.4) is 0 Å². The smallest absolute Gasteiger partial charge is 0.259 e. The first kappa shape index (κ1) is 24.7. The number of carbonyl (C=O) groups is 2. The zero-order chi connectivity index (χ0) is 24.9. The molecule has 2 amide bonds. The van der Waals surface area contributed by atoms with Crippen LogP contribution >= 0.6 is 0 Å². The van der Waals surface area contributed by atoms with E-state index >= 15 is 0 Å². The van der Waals surface area contributed by atoms with Gasteiger partial charge in [-0.2, -0.15) is 0 Å². The third kappa shape index (κ3) is 6.01. The fourth-order valence-electron chi connectivity index (χ4n) is 4.23. The number of nitrogens with zero attached hydrogens (tertiary/aromatic N) is 3. The maximum absolute atomic E-state index is 13.5. The molecule has 7 nitrogen and oxygen atoms in total. The number of aromatic nitrogens is 1. The topological polar surface area (TPSA) is 83.0 Å². The molecule has 1 aromatic heterocycles. The summed E-state index contributed by atoms with van der Waals surface area (Å²) < 4.78 is 6.27. The zero-order valence-corrected chi connectivity index (χ0v) is 20.6. The highest BCUT2D eigenvalue weighted by Crippen LogP contribution is 2.32. The molecule has 1 aliphatic heterocycles. The lowest BCUT2D eigenvalue weighted by molar-refractivity contribution is -0.132. The lowest BCUT2D eigenvalue weighted by Crippen LogP contribution is -2.50. The minimum absolute atomic E-state index is 0.0670. The zero-order valence-electron chi connectivity index (χ0n) is 20.6. The summed E-state index contributed by atoms with van der Waals surface area (Å²) in [6, 6.07) is 11.3. The maximum Gasteiger partial charge on any atom is 0.259 e. The second kappa shape index (κ2) is 10.9. The Morgan fingerprint density at radius 2 is 2.06 bits per heavy atom. The minimum atomic E-state index is -0.366. The third-order valence-electron chi connectivity index (χ3n) is 6.65. The molecule has 1 N–H and O–H groups in total. The number of rotatable bonds is 6. The molecule has 7 heteroatoms. The normalized spacial score (nSPS) is 20.5. The Morgan fingerprint density at radius 1 is 1.31 bits per heavy atom. The van der Waals surface area contributed by atoms with Crippen LogP contribution in [0, 0.1) is 23.7 Å². The first-order valence-electron chi connectivity index (χ1n) is 12.2. The lowest BCUT2D eigenvalue weighted by Gasteiger charge is -2.37. The summed E-state index contributed by atoms with van der Waals surface area (Å²) in [5, 5.41) is 9.82. The van der Waals surface area contributed by atoms with Gasteiger partial charge in [0, 0.05) is 43.6 Å². The molecular formula is C28H33N3O4. The average Bonchev–Trinajstić information content (AvgIpc) is 3.71. The summed E-state index contributed by atoms with van der Waals surface area (Å²) in [5.41, 5.74) is 2.06. The predicted molar refractivity (Wildman–Crippen MR) is 133 cm³/mol. The molecule has 3 atom stereocenters. The number of hydrogen-bond acceptors (Lipinski definition) is 5. The number of ether oxygens (including phenoxy) is 1. The quantitative estimate of drug-likeness (QED) is 0.650. The number of carbonyl (C=O) groups excluding carboxylic acids is 2. The van der Waals surface area contributed by atoms with Gasteiger partial charge >= 0.3 is 0 Å². The SMILES string of the molecule is C[C@H]1CN([C@@H](C)CO)C(=O)c2cc(C#CCc3ccccc3)cnc2O[C@@H]1CN(C)C(=O)C1CC1. The summed E-state index contributed by atoms with van der Waals surface area (Å²) in [7, 11) is 1.80. The van der Waals surface area contributed by atoms with E-state index in [1.54, 1.807) is 29.1 Å². The van der Waals surface area contributed by atoms with Crippen molar-refractivity contribution in [2.24, 2.45) is 11.8 Å². The highest BCUT2D eigenvalue weighted by atomic mass is 16.5. The van der Waals surface area contributed by atoms with Gasteiger partial charge in [0.1, 0.15) is 11.7 Å². The van der Waals surface area contributed by atoms with Crippen LogP contribution in [0.15, 0.2) is 42.6 Å². The Kier molecular flexibility index (Phi) is 7.72. The monoisotopic (exact) mass is 475 g/mol. The van der Waals surface area contributed by atoms with Gasteiger partial charge in [-0.05, 0) is 31.4 Å². The summed E-state index contributed by atoms with van der Waals surface area (Å²) in [4.78, 5) is 33.9. The number of hydrogen-bond donors (Lipinski definition) is 1. The molecule has 1 fully saturated rings. The third-order valence-corrected chi connectivity index (χ3v) is 6.65. The molecule has 0 saturated heterocycles. The van der Waals surface area contributed by atoms with Crippen LogP contribution in [0.4, 0.5) is 0 Å². The number of pyridine rings is 1. The maximum atomic E-state index is 13.5. The highest BCUT2D eigenvalue weighted by Gasteiger charge is 2.37. The first-order chi connectivity index (χ1) is 16.9. The molecule has 0 unspecified atom stereocenters. The van der Waals surface area contributed by atoms with Gasteiger partial charge < -0.3 is 19.6 Å². The van der Waals surface area contributed by atoms with E-state index in [9.17, 15) is 14.7 Å². The van der Waals surface area contributed by atoms with E-state index < -0.39 is 0 Å². The van der Waals surface area contributed by atoms with Crippen LogP contribution in [0.1, 0.15) is 48.2 Å². The minimum Gasteiger partial charge on any atom is -0.472 e. The number of amides is 2. The Hall–Kier alpha value is -3.37. The molecule has 2 aliphatic rings. The molecule has 1 aromatic carbocycles. The Balaban J connectivity index is 1.61. The molecule has 2 heterocycles. The molecule has 0 radical (unpaired) electrons. The number of aliphatic hydroxyl groups excluding tert-OH is 1. The van der Waals surface area contributed by atoms with Crippen LogP contribution in [-0.4, -0.2) is 70.6 Å². The summed E-state index contributed by atoms with van der Waals surface area (Å²) >= 11 is 0. The van der Waals surface area contributed by atoms with Crippen molar-refractivity contribution in [2.45, 2.75) is 45.3 Å². The van der Waals surface area contributed by atoms with Crippen LogP contribution in [0.5, 0.6) is 5.88 Å². The highest BCUT2D eigenvalue weighted by molar-refractivity contribution is 5.97. The second-order valence-corrected chi connectivity index (χ2v) is 9.66. The van der Waals surface area contributed by atoms with Crippen molar-refractivity contribution in [1.29, 1.82) is 0 Å². The van der Waals surface area contributed by atoms with Gasteiger partial charge in [-0.1, -0.05) is 49.1 Å². The van der Waals surface area contributed by atoms with Gasteiger partial charge in [0.15, 0.2) is 0 Å². The van der Waals surface area contributed by atoms with Crippen LogP contribution < -0.4 is 4.74 Å². The van der Waals surface area contributed by atoms with Crippen molar-refractivity contribution in [3.63, 3.8) is 0 Å². The van der Waals surface area contributed by atoms with E-state index in [1.165, 1.54) is 0 Å². The van der Waals surface area contributed by atoms with Gasteiger partial charge in [-0.3, -0.25) is 9.59 Å². The van der Waals surface area contributed by atoms with Crippen LogP contribution in [0.25, 0.3) is 0 Å². The standard InChI is InChI=1S/C28H33N3O4/c1-19-16-31(20(2)18-32)28(34)24-14-22(11-7-10-21-8-5-4-6-9-21)15-29-26(24)35-25(19)17-30(3)27(33)23-12-13-23/h4-6,8-9,14-15,19-20,23,25,32H,10,12-13,16-18H2,1-3H3/t19-,20-,25+/m0/s1. The molecular weight excluding hydrogens is 442 g/mol. The van der Waals surface area contributed by atoms with Gasteiger partial charge in [-0.25, -0.2) is 4.98 Å². The largest absolute Gasteiger partial charge is 0.472 e. The van der Waals surface area contributed by atoms with E-state index in [0.29, 0.717) is 30.6 Å². The van der Waals surface area contributed by atoms with Gasteiger partial charge in [-0.15, -0.1) is 0 Å². The Morgan fingerprint density at radius 3 is 2.74 bits per heavy atom. The predicted octanol–water partition coefficient (Wildman–Crippen LogP) is 2.76. The van der Waals surface area contributed by atoms with Gasteiger partial charge in [0.2, 0.25) is 11.8 Å². The molecule has 1 saturated carbocycles. The fraction of sp³-hybridized carbons (Fsp3) is 0.464. The van der Waals surface area contributed by atoms with E-state index in [-0.39, 0.29) is 48.3 Å².